The van der Waals surface area contributed by atoms with Crippen LogP contribution in [0.25, 0.3) is 11.5 Å². The zero-order valence-corrected chi connectivity index (χ0v) is 18.2. The van der Waals surface area contributed by atoms with E-state index in [-0.39, 0.29) is 40.5 Å². The van der Waals surface area contributed by atoms with Crippen LogP contribution in [0, 0.1) is 21.8 Å². The lowest BCUT2D eigenvalue weighted by Crippen LogP contribution is -2.45. The van der Waals surface area contributed by atoms with Crippen LogP contribution in [0.2, 0.25) is 5.02 Å². The monoisotopic (exact) mass is 476 g/mol. The van der Waals surface area contributed by atoms with E-state index in [0.717, 1.165) is 12.1 Å². The lowest BCUT2D eigenvalue weighted by molar-refractivity contribution is -0.384. The number of ether oxygens (including phenoxy) is 1. The predicted molar refractivity (Wildman–Crippen MR) is 114 cm³/mol. The third-order valence-electron chi connectivity index (χ3n) is 4.52. The van der Waals surface area contributed by atoms with Crippen LogP contribution in [0.3, 0.4) is 0 Å². The number of nitro benzene ring substituents is 1. The molecule has 0 spiro atoms. The third-order valence-corrected chi connectivity index (χ3v) is 4.83. The Labute approximate surface area is 191 Å². The maximum Gasteiger partial charge on any atom is 0.329 e. The van der Waals surface area contributed by atoms with Crippen LogP contribution in [0.5, 0.6) is 0 Å². The van der Waals surface area contributed by atoms with E-state index < -0.39 is 28.7 Å². The second kappa shape index (κ2) is 10.2. The van der Waals surface area contributed by atoms with Gasteiger partial charge in [-0.05, 0) is 36.2 Å². The lowest BCUT2D eigenvalue weighted by atomic mass is 10.0. The van der Waals surface area contributed by atoms with Crippen molar-refractivity contribution in [2.75, 3.05) is 0 Å². The van der Waals surface area contributed by atoms with Gasteiger partial charge in [0, 0.05) is 17.7 Å². The number of esters is 1. The van der Waals surface area contributed by atoms with Crippen molar-refractivity contribution < 1.29 is 28.2 Å². The number of aromatic nitrogens is 2. The summed E-state index contributed by atoms with van der Waals surface area (Å²) in [5.41, 5.74) is 0.202. The van der Waals surface area contributed by atoms with Gasteiger partial charge in [-0.3, -0.25) is 14.9 Å². The minimum atomic E-state index is -1.03. The van der Waals surface area contributed by atoms with E-state index in [9.17, 15) is 24.1 Å². The second-order valence-electron chi connectivity index (χ2n) is 7.25. The molecule has 0 aliphatic heterocycles. The average molecular weight is 477 g/mol. The van der Waals surface area contributed by atoms with Crippen LogP contribution in [0.4, 0.5) is 10.1 Å². The molecule has 2 aromatic carbocycles. The fourth-order valence-electron chi connectivity index (χ4n) is 2.77. The number of nitrogens with one attached hydrogen (secondary N) is 1. The first-order chi connectivity index (χ1) is 15.7. The van der Waals surface area contributed by atoms with Gasteiger partial charge in [-0.2, -0.15) is 4.98 Å². The summed E-state index contributed by atoms with van der Waals surface area (Å²) in [5.74, 6) is -1.99. The molecule has 0 saturated heterocycles. The maximum absolute atomic E-state index is 13.0. The Morgan fingerprint density at radius 3 is 2.55 bits per heavy atom. The number of hydrogen-bond donors (Lipinski definition) is 1. The van der Waals surface area contributed by atoms with Crippen molar-refractivity contribution in [1.82, 2.24) is 15.5 Å². The van der Waals surface area contributed by atoms with E-state index in [1.807, 2.05) is 0 Å². The van der Waals surface area contributed by atoms with E-state index >= 15 is 0 Å². The first-order valence-electron chi connectivity index (χ1n) is 9.65. The van der Waals surface area contributed by atoms with Gasteiger partial charge in [-0.15, -0.1) is 0 Å². The van der Waals surface area contributed by atoms with Gasteiger partial charge in [0.25, 0.3) is 17.5 Å². The quantitative estimate of drug-likeness (QED) is 0.293. The number of hydrogen-bond acceptors (Lipinski definition) is 8. The molecular formula is C21H18ClFN4O6. The molecule has 3 aromatic rings. The SMILES string of the molecule is CC(C)[C@H](NC(=O)c1ccc([N+](=O)[O-])cc1Cl)C(=O)OCc1noc(-c2ccc(F)cc2)n1. The second-order valence-corrected chi connectivity index (χ2v) is 7.65. The molecule has 172 valence electrons. The zero-order valence-electron chi connectivity index (χ0n) is 17.5. The summed E-state index contributed by atoms with van der Waals surface area (Å²) in [6.45, 7) is 3.08. The molecule has 0 radical (unpaired) electrons. The highest BCUT2D eigenvalue weighted by atomic mass is 35.5. The van der Waals surface area contributed by atoms with Crippen LogP contribution in [0.15, 0.2) is 47.0 Å². The van der Waals surface area contributed by atoms with Crippen LogP contribution >= 0.6 is 11.6 Å². The normalized spacial score (nSPS) is 11.8. The number of benzene rings is 2. The molecule has 0 saturated carbocycles. The van der Waals surface area contributed by atoms with Crippen molar-refractivity contribution in [3.63, 3.8) is 0 Å². The molecule has 0 aliphatic carbocycles. The Morgan fingerprint density at radius 1 is 1.24 bits per heavy atom. The first-order valence-corrected chi connectivity index (χ1v) is 10.0. The maximum atomic E-state index is 13.0. The predicted octanol–water partition coefficient (Wildman–Crippen LogP) is 3.94. The summed E-state index contributed by atoms with van der Waals surface area (Å²) < 4.78 is 23.3. The van der Waals surface area contributed by atoms with Crippen molar-refractivity contribution in [1.29, 1.82) is 0 Å². The molecule has 0 unspecified atom stereocenters. The van der Waals surface area contributed by atoms with Crippen LogP contribution in [-0.2, 0) is 16.1 Å². The van der Waals surface area contributed by atoms with Gasteiger partial charge in [-0.1, -0.05) is 30.6 Å². The summed E-state index contributed by atoms with van der Waals surface area (Å²) in [4.78, 5) is 39.4. The Bertz CT molecular complexity index is 1180. The van der Waals surface area contributed by atoms with Gasteiger partial charge in [0.05, 0.1) is 15.5 Å². The fraction of sp³-hybridized carbons (Fsp3) is 0.238. The summed E-state index contributed by atoms with van der Waals surface area (Å²) in [6.07, 6.45) is 0. The van der Waals surface area contributed by atoms with E-state index in [2.05, 4.69) is 15.5 Å². The highest BCUT2D eigenvalue weighted by Crippen LogP contribution is 2.23. The number of rotatable bonds is 8. The molecule has 1 atom stereocenters. The number of carbonyl (C=O) groups is 2. The van der Waals surface area contributed by atoms with Crippen molar-refractivity contribution >= 4 is 29.2 Å². The molecular weight excluding hydrogens is 459 g/mol. The van der Waals surface area contributed by atoms with Crippen molar-refractivity contribution in [2.24, 2.45) is 5.92 Å². The molecule has 1 aromatic heterocycles. The van der Waals surface area contributed by atoms with Crippen molar-refractivity contribution in [3.8, 4) is 11.5 Å². The highest BCUT2D eigenvalue weighted by molar-refractivity contribution is 6.34. The Hall–Kier alpha value is -3.86. The molecule has 1 amide bonds. The molecule has 3 rings (SSSR count). The lowest BCUT2D eigenvalue weighted by Gasteiger charge is -2.20. The molecule has 33 heavy (non-hydrogen) atoms. The molecule has 1 heterocycles. The van der Waals surface area contributed by atoms with Crippen molar-refractivity contribution in [3.05, 3.63) is 74.8 Å². The van der Waals surface area contributed by atoms with Crippen LogP contribution < -0.4 is 5.32 Å². The number of nitro groups is 1. The summed E-state index contributed by atoms with van der Waals surface area (Å²) in [5, 5.41) is 16.9. The van der Waals surface area contributed by atoms with Gasteiger partial charge < -0.3 is 14.6 Å². The van der Waals surface area contributed by atoms with Gasteiger partial charge in [0.15, 0.2) is 6.61 Å². The number of halogens is 2. The van der Waals surface area contributed by atoms with Gasteiger partial charge >= 0.3 is 5.97 Å². The van der Waals surface area contributed by atoms with Crippen molar-refractivity contribution in [2.45, 2.75) is 26.5 Å². The molecule has 0 bridgehead atoms. The van der Waals surface area contributed by atoms with Crippen LogP contribution in [-0.4, -0.2) is 33.0 Å². The van der Waals surface area contributed by atoms with Gasteiger partial charge in [0.1, 0.15) is 11.9 Å². The Balaban J connectivity index is 1.64. The van der Waals surface area contributed by atoms with E-state index in [0.29, 0.717) is 5.56 Å². The molecule has 0 aliphatic rings. The summed E-state index contributed by atoms with van der Waals surface area (Å²) >= 11 is 5.98. The standard InChI is InChI=1S/C21H18ClFN4O6/c1-11(2)18(25-19(28)15-8-7-14(27(30)31)9-16(15)22)21(29)32-10-17-24-20(33-26-17)12-3-5-13(23)6-4-12/h3-9,11,18H,10H2,1-2H3,(H,25,28)/t18-/m0/s1. The van der Waals surface area contributed by atoms with E-state index in [4.69, 9.17) is 20.9 Å². The molecule has 12 heteroatoms. The van der Waals surface area contributed by atoms with E-state index in [1.54, 1.807) is 13.8 Å². The van der Waals surface area contributed by atoms with Gasteiger partial charge in [-0.25, -0.2) is 9.18 Å². The third kappa shape index (κ3) is 5.89. The minimum Gasteiger partial charge on any atom is -0.456 e. The molecule has 1 N–H and O–H groups in total. The Morgan fingerprint density at radius 2 is 1.94 bits per heavy atom. The van der Waals surface area contributed by atoms with E-state index in [1.165, 1.54) is 30.3 Å². The topological polar surface area (TPSA) is 137 Å². The molecule has 10 nitrogen and oxygen atoms in total. The average Bonchev–Trinajstić information content (AvgIpc) is 3.24. The van der Waals surface area contributed by atoms with Gasteiger partial charge in [0.2, 0.25) is 5.82 Å². The van der Waals surface area contributed by atoms with Crippen LogP contribution in [0.1, 0.15) is 30.0 Å². The smallest absolute Gasteiger partial charge is 0.329 e. The summed E-state index contributed by atoms with van der Waals surface area (Å²) in [7, 11) is 0. The largest absolute Gasteiger partial charge is 0.456 e. The number of non-ortho nitro benzene ring substituents is 1. The molecule has 0 fully saturated rings. The summed E-state index contributed by atoms with van der Waals surface area (Å²) in [6, 6.07) is 7.77. The highest BCUT2D eigenvalue weighted by Gasteiger charge is 2.28. The number of carbonyl (C=O) groups excluding carboxylic acids is 2. The fourth-order valence-corrected chi connectivity index (χ4v) is 3.03. The zero-order chi connectivity index (χ0) is 24.1. The number of nitrogens with zero attached hydrogens (tertiary/aromatic N) is 3. The minimum absolute atomic E-state index is 0.0252. The first kappa shape index (κ1) is 23.8. The number of amides is 1. The Kier molecular flexibility index (Phi) is 7.34.